The lowest BCUT2D eigenvalue weighted by Gasteiger charge is -2.20. The lowest BCUT2D eigenvalue weighted by atomic mass is 10.1. The zero-order chi connectivity index (χ0) is 19.0. The van der Waals surface area contributed by atoms with Gasteiger partial charge in [-0.3, -0.25) is 0 Å². The van der Waals surface area contributed by atoms with Crippen molar-refractivity contribution in [2.24, 2.45) is 0 Å². The normalized spacial score (nSPS) is 11.2. The van der Waals surface area contributed by atoms with Crippen LogP contribution < -0.4 is 10.6 Å². The molecular formula is C27H22P. The molecule has 1 heteroatoms. The van der Waals surface area contributed by atoms with Gasteiger partial charge in [0.15, 0.2) is 0 Å². The van der Waals surface area contributed by atoms with Crippen LogP contribution in [0.4, 0.5) is 0 Å². The molecule has 0 heterocycles. The molecule has 135 valence electrons. The highest BCUT2D eigenvalue weighted by atomic mass is 31.1. The predicted octanol–water partition coefficient (Wildman–Crippen LogP) is 6.18. The van der Waals surface area contributed by atoms with E-state index >= 15 is 0 Å². The smallest absolute Gasteiger partial charge is 0.00134 e. The van der Waals surface area contributed by atoms with E-state index in [4.69, 9.17) is 0 Å². The van der Waals surface area contributed by atoms with Gasteiger partial charge in [-0.15, -0.1) is 0 Å². The Morgan fingerprint density at radius 2 is 1.07 bits per heavy atom. The monoisotopic (exact) mass is 377 g/mol. The van der Waals surface area contributed by atoms with E-state index in [1.165, 1.54) is 21.7 Å². The van der Waals surface area contributed by atoms with Crippen molar-refractivity contribution in [2.75, 3.05) is 0 Å². The molecule has 1 radical (unpaired) electrons. The lowest BCUT2D eigenvalue weighted by molar-refractivity contribution is 1.38. The Labute approximate surface area is 169 Å². The van der Waals surface area contributed by atoms with Crippen LogP contribution in [0.5, 0.6) is 0 Å². The van der Waals surface area contributed by atoms with Crippen molar-refractivity contribution in [1.29, 1.82) is 0 Å². The van der Waals surface area contributed by atoms with E-state index in [1.807, 2.05) is 18.2 Å². The highest BCUT2D eigenvalue weighted by Gasteiger charge is 2.15. The molecule has 0 saturated heterocycles. The molecule has 0 N–H and O–H groups in total. The highest BCUT2D eigenvalue weighted by molar-refractivity contribution is 7.72. The molecule has 0 aliphatic carbocycles. The van der Waals surface area contributed by atoms with Crippen molar-refractivity contribution in [3.63, 3.8) is 0 Å². The van der Waals surface area contributed by atoms with Crippen LogP contribution in [-0.4, -0.2) is 0 Å². The van der Waals surface area contributed by atoms with E-state index in [0.29, 0.717) is 0 Å². The molecule has 0 amide bonds. The van der Waals surface area contributed by atoms with Gasteiger partial charge in [-0.25, -0.2) is 0 Å². The van der Waals surface area contributed by atoms with Gasteiger partial charge in [0.05, 0.1) is 0 Å². The second-order valence-corrected chi connectivity index (χ2v) is 8.82. The molecule has 0 bridgehead atoms. The fraction of sp³-hybridized carbons (Fsp3) is 0.0370. The van der Waals surface area contributed by atoms with E-state index in [2.05, 4.69) is 109 Å². The topological polar surface area (TPSA) is 0 Å². The van der Waals surface area contributed by atoms with Gasteiger partial charge in [-0.2, -0.15) is 0 Å². The Balaban J connectivity index is 1.67. The average molecular weight is 377 g/mol. The molecule has 0 atom stereocenters. The van der Waals surface area contributed by atoms with E-state index in [0.717, 1.165) is 11.7 Å². The first-order valence-corrected chi connectivity index (χ1v) is 11.0. The highest BCUT2D eigenvalue weighted by Crippen LogP contribution is 2.38. The average Bonchev–Trinajstić information content (AvgIpc) is 2.78. The first-order valence-electron chi connectivity index (χ1n) is 9.50. The molecule has 0 spiro atoms. The summed E-state index contributed by atoms with van der Waals surface area (Å²) in [7, 11) is -0.456. The van der Waals surface area contributed by atoms with E-state index in [9.17, 15) is 0 Å². The zero-order valence-electron chi connectivity index (χ0n) is 15.7. The van der Waals surface area contributed by atoms with Crippen LogP contribution in [0, 0.1) is 6.08 Å². The molecule has 0 unspecified atom stereocenters. The van der Waals surface area contributed by atoms with Crippen molar-refractivity contribution in [3.05, 3.63) is 138 Å². The van der Waals surface area contributed by atoms with Crippen LogP contribution in [0.3, 0.4) is 0 Å². The minimum Gasteiger partial charge on any atom is -0.0622 e. The van der Waals surface area contributed by atoms with Gasteiger partial charge in [0.2, 0.25) is 0 Å². The standard InChI is InChI=1S/C27H22P/c1-4-12-23(13-5-1)20-21-24-14-10-11-15-25(24)22-28(26-16-6-2-7-17-26)27-18-8-3-9-19-27/h1-19,21H,22H2. The van der Waals surface area contributed by atoms with Crippen molar-refractivity contribution < 1.29 is 0 Å². The van der Waals surface area contributed by atoms with Crippen molar-refractivity contribution in [2.45, 2.75) is 6.16 Å². The zero-order valence-corrected chi connectivity index (χ0v) is 16.6. The first kappa shape index (κ1) is 18.4. The minimum atomic E-state index is -0.456. The summed E-state index contributed by atoms with van der Waals surface area (Å²) in [4.78, 5) is 0. The van der Waals surface area contributed by atoms with Crippen LogP contribution in [0.15, 0.2) is 115 Å². The molecule has 4 aromatic carbocycles. The van der Waals surface area contributed by atoms with E-state index in [-0.39, 0.29) is 0 Å². The Morgan fingerprint density at radius 3 is 1.68 bits per heavy atom. The Hall–Kier alpha value is -2.95. The molecule has 0 nitrogen and oxygen atoms in total. The van der Waals surface area contributed by atoms with E-state index in [1.54, 1.807) is 0 Å². The third kappa shape index (κ3) is 4.66. The Bertz CT molecular complexity index is 982. The Morgan fingerprint density at radius 1 is 0.571 bits per heavy atom. The number of hydrogen-bond donors (Lipinski definition) is 0. The number of benzene rings is 4. The summed E-state index contributed by atoms with van der Waals surface area (Å²) < 4.78 is 0. The maximum Gasteiger partial charge on any atom is 0.00134 e. The second-order valence-electron chi connectivity index (χ2n) is 6.61. The predicted molar refractivity (Wildman–Crippen MR) is 122 cm³/mol. The van der Waals surface area contributed by atoms with Crippen LogP contribution in [0.2, 0.25) is 0 Å². The third-order valence-corrected chi connectivity index (χ3v) is 7.19. The SMILES string of the molecule is [C](=Cc1ccccc1CP(c1ccccc1)c1ccccc1)c1ccccc1. The molecule has 0 fully saturated rings. The van der Waals surface area contributed by atoms with Gasteiger partial charge in [0, 0.05) is 6.16 Å². The molecule has 4 aromatic rings. The van der Waals surface area contributed by atoms with Crippen LogP contribution in [0.25, 0.3) is 6.08 Å². The van der Waals surface area contributed by atoms with Crippen LogP contribution in [0.1, 0.15) is 16.7 Å². The third-order valence-electron chi connectivity index (χ3n) is 4.69. The number of hydrogen-bond acceptors (Lipinski definition) is 0. The van der Waals surface area contributed by atoms with Gasteiger partial charge in [0.25, 0.3) is 0 Å². The Kier molecular flexibility index (Phi) is 6.12. The quantitative estimate of drug-likeness (QED) is 0.278. The van der Waals surface area contributed by atoms with Gasteiger partial charge in [-0.1, -0.05) is 115 Å². The van der Waals surface area contributed by atoms with Crippen LogP contribution >= 0.6 is 7.92 Å². The lowest BCUT2D eigenvalue weighted by Crippen LogP contribution is -2.13. The van der Waals surface area contributed by atoms with Crippen LogP contribution in [-0.2, 0) is 6.16 Å². The summed E-state index contributed by atoms with van der Waals surface area (Å²) in [6.07, 6.45) is 6.58. The van der Waals surface area contributed by atoms with E-state index < -0.39 is 7.92 Å². The maximum absolute atomic E-state index is 3.44. The van der Waals surface area contributed by atoms with Gasteiger partial charge >= 0.3 is 0 Å². The molecule has 28 heavy (non-hydrogen) atoms. The first-order chi connectivity index (χ1) is 13.9. The largest absolute Gasteiger partial charge is 0.0622 e. The molecule has 0 aliphatic heterocycles. The molecule has 0 aliphatic rings. The fourth-order valence-corrected chi connectivity index (χ4v) is 5.59. The summed E-state index contributed by atoms with van der Waals surface area (Å²) >= 11 is 0. The maximum atomic E-state index is 3.44. The summed E-state index contributed by atoms with van der Waals surface area (Å²) in [5.74, 6) is 0. The summed E-state index contributed by atoms with van der Waals surface area (Å²) in [5.41, 5.74) is 3.71. The van der Waals surface area contributed by atoms with Gasteiger partial charge in [-0.05, 0) is 47.4 Å². The second kappa shape index (κ2) is 9.31. The molecule has 0 saturated carbocycles. The summed E-state index contributed by atoms with van der Waals surface area (Å²) in [6.45, 7) is 0. The molecule has 4 rings (SSSR count). The molecule has 0 aromatic heterocycles. The minimum absolute atomic E-state index is 0.456. The number of rotatable bonds is 6. The van der Waals surface area contributed by atoms with Crippen molar-refractivity contribution in [3.8, 4) is 0 Å². The van der Waals surface area contributed by atoms with Crippen molar-refractivity contribution >= 4 is 24.6 Å². The molecular weight excluding hydrogens is 355 g/mol. The van der Waals surface area contributed by atoms with Crippen molar-refractivity contribution in [1.82, 2.24) is 0 Å². The summed E-state index contributed by atoms with van der Waals surface area (Å²) in [5, 5.41) is 2.82. The fourth-order valence-electron chi connectivity index (χ4n) is 3.23. The summed E-state index contributed by atoms with van der Waals surface area (Å²) in [6, 6.07) is 40.8. The van der Waals surface area contributed by atoms with Gasteiger partial charge < -0.3 is 0 Å². The van der Waals surface area contributed by atoms with Gasteiger partial charge in [0.1, 0.15) is 0 Å².